The Morgan fingerprint density at radius 3 is 2.47 bits per heavy atom. The molecule has 0 aliphatic heterocycles. The summed E-state index contributed by atoms with van der Waals surface area (Å²) in [7, 11) is -3.67. The first-order valence-corrected chi connectivity index (χ1v) is 10.7. The average Bonchev–Trinajstić information content (AvgIpc) is 2.72. The number of benzene rings is 2. The van der Waals surface area contributed by atoms with Gasteiger partial charge in [0, 0.05) is 30.4 Å². The van der Waals surface area contributed by atoms with Crippen molar-refractivity contribution in [2.24, 2.45) is 0 Å². The summed E-state index contributed by atoms with van der Waals surface area (Å²) in [4.78, 5) is 23.8. The number of amides is 1. The molecule has 2 aromatic rings. The van der Waals surface area contributed by atoms with Crippen LogP contribution < -0.4 is 5.32 Å². The summed E-state index contributed by atoms with van der Waals surface area (Å²) in [5.74, 6) is -1.94. The van der Waals surface area contributed by atoms with Gasteiger partial charge in [0.25, 0.3) is 5.91 Å². The van der Waals surface area contributed by atoms with E-state index < -0.39 is 34.3 Å². The SMILES string of the molecule is CCN(CC)S(=O)(=O)c1cccc(NC(=O)COC(=O)/C=C/c2ccccc2F)c1. The molecular formula is C21H23FN2O5S. The summed E-state index contributed by atoms with van der Waals surface area (Å²) in [5.41, 5.74) is 0.469. The van der Waals surface area contributed by atoms with Crippen molar-refractivity contribution in [3.63, 3.8) is 0 Å². The normalized spacial score (nSPS) is 11.6. The zero-order valence-electron chi connectivity index (χ0n) is 16.7. The summed E-state index contributed by atoms with van der Waals surface area (Å²) >= 11 is 0. The Labute approximate surface area is 175 Å². The minimum Gasteiger partial charge on any atom is -0.452 e. The Hall–Kier alpha value is -3.04. The molecule has 160 valence electrons. The fraction of sp³-hybridized carbons (Fsp3) is 0.238. The summed E-state index contributed by atoms with van der Waals surface area (Å²) in [6, 6.07) is 11.7. The number of sulfonamides is 1. The maximum atomic E-state index is 13.5. The number of rotatable bonds is 9. The zero-order chi connectivity index (χ0) is 22.1. The highest BCUT2D eigenvalue weighted by Crippen LogP contribution is 2.19. The van der Waals surface area contributed by atoms with Crippen LogP contribution in [0.25, 0.3) is 6.08 Å². The van der Waals surface area contributed by atoms with E-state index in [1.807, 2.05) is 0 Å². The van der Waals surface area contributed by atoms with Crippen molar-refractivity contribution in [3.05, 3.63) is 66.0 Å². The molecule has 0 saturated carbocycles. The maximum absolute atomic E-state index is 13.5. The van der Waals surface area contributed by atoms with Crippen LogP contribution in [0.5, 0.6) is 0 Å². The number of anilines is 1. The molecule has 9 heteroatoms. The molecule has 1 N–H and O–H groups in total. The van der Waals surface area contributed by atoms with Crippen LogP contribution in [-0.2, 0) is 24.3 Å². The second kappa shape index (κ2) is 10.7. The van der Waals surface area contributed by atoms with Crippen molar-refractivity contribution in [3.8, 4) is 0 Å². The topological polar surface area (TPSA) is 92.8 Å². The van der Waals surface area contributed by atoms with Crippen molar-refractivity contribution >= 4 is 33.7 Å². The monoisotopic (exact) mass is 434 g/mol. The number of hydrogen-bond donors (Lipinski definition) is 1. The Morgan fingerprint density at radius 1 is 1.10 bits per heavy atom. The zero-order valence-corrected chi connectivity index (χ0v) is 17.5. The van der Waals surface area contributed by atoms with E-state index >= 15 is 0 Å². The van der Waals surface area contributed by atoms with Gasteiger partial charge in [0.15, 0.2) is 6.61 Å². The Balaban J connectivity index is 1.95. The second-order valence-corrected chi connectivity index (χ2v) is 8.07. The lowest BCUT2D eigenvalue weighted by atomic mass is 10.2. The van der Waals surface area contributed by atoms with Gasteiger partial charge in [-0.25, -0.2) is 17.6 Å². The van der Waals surface area contributed by atoms with E-state index in [4.69, 9.17) is 4.74 Å². The van der Waals surface area contributed by atoms with E-state index in [1.165, 1.54) is 52.8 Å². The van der Waals surface area contributed by atoms with Gasteiger partial charge >= 0.3 is 5.97 Å². The van der Waals surface area contributed by atoms with E-state index in [0.717, 1.165) is 6.08 Å². The van der Waals surface area contributed by atoms with Crippen LogP contribution in [0.3, 0.4) is 0 Å². The van der Waals surface area contributed by atoms with Gasteiger partial charge < -0.3 is 10.1 Å². The molecule has 0 aliphatic carbocycles. The molecule has 2 aromatic carbocycles. The predicted molar refractivity (Wildman–Crippen MR) is 112 cm³/mol. The maximum Gasteiger partial charge on any atom is 0.331 e. The lowest BCUT2D eigenvalue weighted by molar-refractivity contribution is -0.142. The lowest BCUT2D eigenvalue weighted by Crippen LogP contribution is -2.30. The van der Waals surface area contributed by atoms with Crippen molar-refractivity contribution in [2.45, 2.75) is 18.7 Å². The first-order chi connectivity index (χ1) is 14.3. The lowest BCUT2D eigenvalue weighted by Gasteiger charge is -2.18. The summed E-state index contributed by atoms with van der Waals surface area (Å²) in [5, 5.41) is 2.48. The van der Waals surface area contributed by atoms with Gasteiger partial charge in [-0.2, -0.15) is 4.31 Å². The molecular weight excluding hydrogens is 411 g/mol. The van der Waals surface area contributed by atoms with Crippen molar-refractivity contribution < 1.29 is 27.1 Å². The molecule has 0 saturated heterocycles. The van der Waals surface area contributed by atoms with Crippen LogP contribution in [0.1, 0.15) is 19.4 Å². The van der Waals surface area contributed by atoms with Crippen molar-refractivity contribution in [1.82, 2.24) is 4.31 Å². The summed E-state index contributed by atoms with van der Waals surface area (Å²) in [6.45, 7) is 3.55. The molecule has 2 rings (SSSR count). The van der Waals surface area contributed by atoms with Gasteiger partial charge in [0.2, 0.25) is 10.0 Å². The minimum absolute atomic E-state index is 0.0498. The quantitative estimate of drug-likeness (QED) is 0.484. The molecule has 0 fully saturated rings. The molecule has 0 aliphatic rings. The number of carbonyl (C=O) groups is 2. The molecule has 7 nitrogen and oxygen atoms in total. The van der Waals surface area contributed by atoms with E-state index in [-0.39, 0.29) is 16.1 Å². The third-order valence-electron chi connectivity index (χ3n) is 4.11. The Bertz CT molecular complexity index is 1030. The van der Waals surface area contributed by atoms with Crippen LogP contribution in [0.2, 0.25) is 0 Å². The Morgan fingerprint density at radius 2 is 1.80 bits per heavy atom. The van der Waals surface area contributed by atoms with E-state index in [0.29, 0.717) is 13.1 Å². The number of nitrogens with zero attached hydrogens (tertiary/aromatic N) is 1. The molecule has 30 heavy (non-hydrogen) atoms. The number of nitrogens with one attached hydrogen (secondary N) is 1. The van der Waals surface area contributed by atoms with E-state index in [2.05, 4.69) is 5.32 Å². The third-order valence-corrected chi connectivity index (χ3v) is 6.16. The fourth-order valence-electron chi connectivity index (χ4n) is 2.60. The molecule has 0 aromatic heterocycles. The standard InChI is InChI=1S/C21H23FN2O5S/c1-3-24(4-2)30(27,28)18-10-7-9-17(14-18)23-20(25)15-29-21(26)13-12-16-8-5-6-11-19(16)22/h5-14H,3-4,15H2,1-2H3,(H,23,25)/b13-12+. The van der Waals surface area contributed by atoms with Crippen molar-refractivity contribution in [1.29, 1.82) is 0 Å². The highest BCUT2D eigenvalue weighted by molar-refractivity contribution is 7.89. The second-order valence-electron chi connectivity index (χ2n) is 6.13. The van der Waals surface area contributed by atoms with Crippen LogP contribution in [0.15, 0.2) is 59.5 Å². The molecule has 0 spiro atoms. The van der Waals surface area contributed by atoms with Crippen LogP contribution in [0.4, 0.5) is 10.1 Å². The number of hydrogen-bond acceptors (Lipinski definition) is 5. The molecule has 0 heterocycles. The first-order valence-electron chi connectivity index (χ1n) is 9.27. The number of ether oxygens (including phenoxy) is 1. The largest absolute Gasteiger partial charge is 0.452 e. The first kappa shape index (κ1) is 23.2. The average molecular weight is 434 g/mol. The van der Waals surface area contributed by atoms with Gasteiger partial charge in [-0.15, -0.1) is 0 Å². The highest BCUT2D eigenvalue weighted by Gasteiger charge is 2.21. The van der Waals surface area contributed by atoms with Gasteiger partial charge in [-0.05, 0) is 30.3 Å². The van der Waals surface area contributed by atoms with Gasteiger partial charge in [0.1, 0.15) is 5.82 Å². The van der Waals surface area contributed by atoms with Crippen LogP contribution >= 0.6 is 0 Å². The van der Waals surface area contributed by atoms with Crippen LogP contribution in [-0.4, -0.2) is 44.3 Å². The summed E-state index contributed by atoms with van der Waals surface area (Å²) in [6.07, 6.45) is 2.26. The molecule has 1 amide bonds. The number of halogens is 1. The smallest absolute Gasteiger partial charge is 0.331 e. The minimum atomic E-state index is -3.67. The third kappa shape index (κ3) is 6.23. The number of esters is 1. The molecule has 0 unspecified atom stereocenters. The summed E-state index contributed by atoms with van der Waals surface area (Å²) < 4.78 is 44.8. The highest BCUT2D eigenvalue weighted by atomic mass is 32.2. The van der Waals surface area contributed by atoms with Crippen molar-refractivity contribution in [2.75, 3.05) is 25.0 Å². The molecule has 0 radical (unpaired) electrons. The van der Waals surface area contributed by atoms with Gasteiger partial charge in [0.05, 0.1) is 4.90 Å². The predicted octanol–water partition coefficient (Wildman–Crippen LogP) is 3.05. The fourth-order valence-corrected chi connectivity index (χ4v) is 4.10. The van der Waals surface area contributed by atoms with Gasteiger partial charge in [-0.3, -0.25) is 4.79 Å². The van der Waals surface area contributed by atoms with E-state index in [9.17, 15) is 22.4 Å². The van der Waals surface area contributed by atoms with E-state index in [1.54, 1.807) is 19.9 Å². The number of carbonyl (C=O) groups excluding carboxylic acids is 2. The van der Waals surface area contributed by atoms with Gasteiger partial charge in [-0.1, -0.05) is 38.1 Å². The van der Waals surface area contributed by atoms with Crippen LogP contribution in [0, 0.1) is 5.82 Å². The Kier molecular flexibility index (Phi) is 8.25. The molecule has 0 atom stereocenters. The molecule has 0 bridgehead atoms.